The molecular formula is C16H24N2O2. The van der Waals surface area contributed by atoms with Crippen molar-refractivity contribution in [2.45, 2.75) is 53.5 Å². The van der Waals surface area contributed by atoms with Gasteiger partial charge in [-0.3, -0.25) is 9.59 Å². The van der Waals surface area contributed by atoms with Gasteiger partial charge >= 0.3 is 0 Å². The van der Waals surface area contributed by atoms with Gasteiger partial charge in [0.1, 0.15) is 0 Å². The van der Waals surface area contributed by atoms with Crippen molar-refractivity contribution in [3.8, 4) is 0 Å². The van der Waals surface area contributed by atoms with Gasteiger partial charge in [-0.05, 0) is 31.7 Å². The van der Waals surface area contributed by atoms with Crippen molar-refractivity contribution in [3.63, 3.8) is 0 Å². The average molecular weight is 276 g/mol. The van der Waals surface area contributed by atoms with Crippen molar-refractivity contribution in [1.82, 2.24) is 9.88 Å². The van der Waals surface area contributed by atoms with Crippen LogP contribution in [0, 0.1) is 12.3 Å². The summed E-state index contributed by atoms with van der Waals surface area (Å²) in [6.07, 6.45) is 1.97. The molecule has 0 radical (unpaired) electrons. The molecule has 1 aromatic heterocycles. The van der Waals surface area contributed by atoms with Crippen LogP contribution in [0.4, 0.5) is 0 Å². The van der Waals surface area contributed by atoms with Crippen LogP contribution in [0.5, 0.6) is 0 Å². The maximum atomic E-state index is 12.2. The first-order chi connectivity index (χ1) is 9.34. The van der Waals surface area contributed by atoms with Crippen molar-refractivity contribution in [2.24, 2.45) is 5.41 Å². The molecule has 1 aliphatic rings. The Morgan fingerprint density at radius 2 is 2.10 bits per heavy atom. The summed E-state index contributed by atoms with van der Waals surface area (Å²) in [6, 6.07) is 1.98. The van der Waals surface area contributed by atoms with Crippen LogP contribution in [0.15, 0.2) is 6.07 Å². The summed E-state index contributed by atoms with van der Waals surface area (Å²) in [6.45, 7) is 9.50. The van der Waals surface area contributed by atoms with Crippen LogP contribution >= 0.6 is 0 Å². The number of ketones is 1. The van der Waals surface area contributed by atoms with Crippen LogP contribution in [0.2, 0.25) is 0 Å². The predicted octanol–water partition coefficient (Wildman–Crippen LogP) is 2.48. The zero-order valence-electron chi connectivity index (χ0n) is 12.9. The maximum Gasteiger partial charge on any atom is 0.221 e. The summed E-state index contributed by atoms with van der Waals surface area (Å²) in [5.41, 5.74) is 3.05. The lowest BCUT2D eigenvalue weighted by Gasteiger charge is -2.29. The Balaban J connectivity index is 2.23. The Morgan fingerprint density at radius 1 is 1.40 bits per heavy atom. The molecule has 1 heterocycles. The van der Waals surface area contributed by atoms with E-state index in [1.807, 2.05) is 19.9 Å². The quantitative estimate of drug-likeness (QED) is 0.918. The number of nitrogens with one attached hydrogen (secondary N) is 1. The number of carbonyl (C=O) groups is 2. The molecule has 0 saturated heterocycles. The molecule has 0 bridgehead atoms. The summed E-state index contributed by atoms with van der Waals surface area (Å²) in [7, 11) is 0. The highest BCUT2D eigenvalue weighted by Gasteiger charge is 2.33. The highest BCUT2D eigenvalue weighted by molar-refractivity contribution is 5.99. The molecule has 0 aromatic carbocycles. The smallest absolute Gasteiger partial charge is 0.221 e. The number of fused-ring (bicyclic) bond motifs is 1. The van der Waals surface area contributed by atoms with E-state index in [0.29, 0.717) is 25.9 Å². The molecule has 0 spiro atoms. The highest BCUT2D eigenvalue weighted by Crippen LogP contribution is 2.36. The van der Waals surface area contributed by atoms with Gasteiger partial charge in [0.2, 0.25) is 5.91 Å². The van der Waals surface area contributed by atoms with E-state index >= 15 is 0 Å². The molecule has 0 saturated carbocycles. The molecule has 0 aliphatic heterocycles. The molecule has 0 fully saturated rings. The van der Waals surface area contributed by atoms with Gasteiger partial charge in [-0.25, -0.2) is 0 Å². The van der Waals surface area contributed by atoms with Gasteiger partial charge in [-0.2, -0.15) is 0 Å². The van der Waals surface area contributed by atoms with Crippen LogP contribution in [0.25, 0.3) is 0 Å². The molecule has 1 N–H and O–H groups in total. The van der Waals surface area contributed by atoms with E-state index in [-0.39, 0.29) is 17.1 Å². The lowest BCUT2D eigenvalue weighted by Crippen LogP contribution is -2.29. The van der Waals surface area contributed by atoms with Crippen LogP contribution < -0.4 is 5.32 Å². The Bertz CT molecular complexity index is 541. The van der Waals surface area contributed by atoms with E-state index in [1.54, 1.807) is 0 Å². The van der Waals surface area contributed by atoms with Crippen molar-refractivity contribution < 1.29 is 9.59 Å². The number of aryl methyl sites for hydroxylation is 1. The second-order valence-electron chi connectivity index (χ2n) is 6.44. The van der Waals surface area contributed by atoms with Gasteiger partial charge in [0.05, 0.1) is 0 Å². The molecule has 1 aromatic rings. The fraction of sp³-hybridized carbons (Fsp3) is 0.625. The second kappa shape index (κ2) is 5.43. The van der Waals surface area contributed by atoms with E-state index in [0.717, 1.165) is 23.4 Å². The highest BCUT2D eigenvalue weighted by atomic mass is 16.1. The second-order valence-corrected chi connectivity index (χ2v) is 6.44. The maximum absolute atomic E-state index is 12.2. The number of carbonyl (C=O) groups excluding carboxylic acids is 2. The van der Waals surface area contributed by atoms with Gasteiger partial charge < -0.3 is 9.88 Å². The van der Waals surface area contributed by atoms with E-state index in [1.165, 1.54) is 0 Å². The third-order valence-corrected chi connectivity index (χ3v) is 3.94. The number of Topliss-reactive ketones (excluding diaryl/α,β-unsaturated/α-hetero) is 1. The Morgan fingerprint density at radius 3 is 2.75 bits per heavy atom. The molecule has 1 aliphatic carbocycles. The molecule has 1 amide bonds. The molecule has 110 valence electrons. The summed E-state index contributed by atoms with van der Waals surface area (Å²) >= 11 is 0. The third kappa shape index (κ3) is 2.94. The fourth-order valence-corrected chi connectivity index (χ4v) is 3.02. The van der Waals surface area contributed by atoms with E-state index in [2.05, 4.69) is 23.7 Å². The molecule has 2 rings (SSSR count). The zero-order chi connectivity index (χ0) is 14.9. The molecule has 0 unspecified atom stereocenters. The fourth-order valence-electron chi connectivity index (χ4n) is 3.02. The Labute approximate surface area is 120 Å². The number of nitrogens with zero attached hydrogens (tertiary/aromatic N) is 1. The van der Waals surface area contributed by atoms with Gasteiger partial charge in [0.15, 0.2) is 5.78 Å². The van der Waals surface area contributed by atoms with Crippen molar-refractivity contribution in [3.05, 3.63) is 23.0 Å². The average Bonchev–Trinajstić information content (AvgIpc) is 2.62. The number of amides is 1. The van der Waals surface area contributed by atoms with Crippen molar-refractivity contribution >= 4 is 11.7 Å². The normalized spacial score (nSPS) is 16.9. The van der Waals surface area contributed by atoms with Crippen molar-refractivity contribution in [2.75, 3.05) is 6.54 Å². The Kier molecular flexibility index (Phi) is 4.02. The monoisotopic (exact) mass is 276 g/mol. The zero-order valence-corrected chi connectivity index (χ0v) is 12.9. The third-order valence-electron chi connectivity index (χ3n) is 3.94. The predicted molar refractivity (Wildman–Crippen MR) is 78.9 cm³/mol. The van der Waals surface area contributed by atoms with Crippen LogP contribution in [0.1, 0.15) is 55.4 Å². The topological polar surface area (TPSA) is 51.1 Å². The first-order valence-electron chi connectivity index (χ1n) is 7.33. The SMILES string of the molecule is CCNC(=O)CCn1c(C)cc2c1CC(C)(C)CC2=O. The minimum Gasteiger partial charge on any atom is -0.356 e. The summed E-state index contributed by atoms with van der Waals surface area (Å²) in [5, 5.41) is 2.81. The van der Waals surface area contributed by atoms with E-state index in [4.69, 9.17) is 0 Å². The van der Waals surface area contributed by atoms with E-state index in [9.17, 15) is 9.59 Å². The summed E-state index contributed by atoms with van der Waals surface area (Å²) in [4.78, 5) is 23.8. The molecule has 0 atom stereocenters. The van der Waals surface area contributed by atoms with Gasteiger partial charge in [0, 0.05) is 42.9 Å². The van der Waals surface area contributed by atoms with Gasteiger partial charge in [0.25, 0.3) is 0 Å². The molecule has 20 heavy (non-hydrogen) atoms. The largest absolute Gasteiger partial charge is 0.356 e. The standard InChI is InChI=1S/C16H24N2O2/c1-5-17-15(20)6-7-18-11(2)8-12-13(18)9-16(3,4)10-14(12)19/h8H,5-7,9-10H2,1-4H3,(H,17,20). The number of aromatic nitrogens is 1. The first kappa shape index (κ1) is 14.8. The minimum atomic E-state index is 0.0122. The van der Waals surface area contributed by atoms with Crippen LogP contribution in [-0.2, 0) is 17.8 Å². The van der Waals surface area contributed by atoms with Gasteiger partial charge in [-0.1, -0.05) is 13.8 Å². The molecule has 4 nitrogen and oxygen atoms in total. The minimum absolute atomic E-state index is 0.0122. The number of rotatable bonds is 4. The van der Waals surface area contributed by atoms with Gasteiger partial charge in [-0.15, -0.1) is 0 Å². The van der Waals surface area contributed by atoms with Crippen molar-refractivity contribution in [1.29, 1.82) is 0 Å². The van der Waals surface area contributed by atoms with Crippen LogP contribution in [-0.4, -0.2) is 22.8 Å². The number of hydrogen-bond donors (Lipinski definition) is 1. The van der Waals surface area contributed by atoms with Crippen LogP contribution in [0.3, 0.4) is 0 Å². The number of hydrogen-bond acceptors (Lipinski definition) is 2. The summed E-state index contributed by atoms with van der Waals surface area (Å²) < 4.78 is 2.14. The lowest BCUT2D eigenvalue weighted by molar-refractivity contribution is -0.121. The lowest BCUT2D eigenvalue weighted by atomic mass is 9.76. The summed E-state index contributed by atoms with van der Waals surface area (Å²) in [5.74, 6) is 0.298. The first-order valence-corrected chi connectivity index (χ1v) is 7.33. The molecular weight excluding hydrogens is 252 g/mol. The Hall–Kier alpha value is -1.58. The molecule has 4 heteroatoms. The van der Waals surface area contributed by atoms with E-state index < -0.39 is 0 Å².